The van der Waals surface area contributed by atoms with E-state index in [2.05, 4.69) is 0 Å². The minimum atomic E-state index is -0.904. The van der Waals surface area contributed by atoms with Crippen LogP contribution in [0.4, 0.5) is 4.79 Å². The van der Waals surface area contributed by atoms with Crippen LogP contribution in [0.3, 0.4) is 0 Å². The molecule has 1 aromatic rings. The summed E-state index contributed by atoms with van der Waals surface area (Å²) in [7, 11) is 0. The molecule has 3 aliphatic rings. The molecule has 8 nitrogen and oxygen atoms in total. The number of hydrazine groups is 1. The molecule has 146 valence electrons. The van der Waals surface area contributed by atoms with Crippen LogP contribution in [0.2, 0.25) is 0 Å². The zero-order valence-electron chi connectivity index (χ0n) is 15.6. The number of amides is 6. The fourth-order valence-electron chi connectivity index (χ4n) is 4.18. The van der Waals surface area contributed by atoms with E-state index in [1.807, 2.05) is 6.92 Å². The molecule has 1 saturated heterocycles. The summed E-state index contributed by atoms with van der Waals surface area (Å²) >= 11 is 0. The normalized spacial score (nSPS) is 21.0. The van der Waals surface area contributed by atoms with Crippen LogP contribution in [0.15, 0.2) is 18.2 Å². The fourth-order valence-corrected chi connectivity index (χ4v) is 4.18. The molecule has 1 saturated carbocycles. The molecule has 28 heavy (non-hydrogen) atoms. The number of rotatable bonds is 3. The van der Waals surface area contributed by atoms with E-state index in [1.54, 1.807) is 12.1 Å². The molecular formula is C20H21N3O5. The predicted octanol–water partition coefficient (Wildman–Crippen LogP) is 2.27. The molecule has 0 unspecified atom stereocenters. The van der Waals surface area contributed by atoms with Crippen molar-refractivity contribution < 1.29 is 24.0 Å². The van der Waals surface area contributed by atoms with Crippen LogP contribution >= 0.6 is 0 Å². The molecule has 2 fully saturated rings. The zero-order chi connectivity index (χ0) is 20.0. The van der Waals surface area contributed by atoms with Gasteiger partial charge in [-0.1, -0.05) is 32.3 Å². The number of carbonyl (C=O) groups excluding carboxylic acids is 5. The Balaban J connectivity index is 1.68. The standard InChI is InChI=1S/C20H21N3O5/c1-2-12-8-9-14-15(10-12)19(27)23(18(14)26)22-17(25)11-16(24)21(20(22)28)13-6-4-3-5-7-13/h8-10,13H,2-7,11H2,1H3. The first-order valence-corrected chi connectivity index (χ1v) is 9.64. The molecule has 4 rings (SSSR count). The van der Waals surface area contributed by atoms with Crippen LogP contribution in [0, 0.1) is 0 Å². The van der Waals surface area contributed by atoms with Gasteiger partial charge in [0, 0.05) is 6.04 Å². The van der Waals surface area contributed by atoms with E-state index in [0.717, 1.165) is 29.7 Å². The summed E-state index contributed by atoms with van der Waals surface area (Å²) in [6, 6.07) is 3.69. The van der Waals surface area contributed by atoms with Gasteiger partial charge in [-0.05, 0) is 37.0 Å². The highest BCUT2D eigenvalue weighted by Crippen LogP contribution is 2.31. The summed E-state index contributed by atoms with van der Waals surface area (Å²) in [5.41, 5.74) is 1.20. The average Bonchev–Trinajstić information content (AvgIpc) is 2.93. The van der Waals surface area contributed by atoms with Gasteiger partial charge in [-0.3, -0.25) is 24.1 Å². The van der Waals surface area contributed by atoms with Crippen molar-refractivity contribution in [3.8, 4) is 0 Å². The smallest absolute Gasteiger partial charge is 0.274 e. The molecule has 0 atom stereocenters. The van der Waals surface area contributed by atoms with E-state index in [-0.39, 0.29) is 17.2 Å². The summed E-state index contributed by atoms with van der Waals surface area (Å²) in [6.07, 6.45) is 4.30. The van der Waals surface area contributed by atoms with Gasteiger partial charge in [-0.25, -0.2) is 4.79 Å². The number of urea groups is 1. The van der Waals surface area contributed by atoms with Crippen LogP contribution < -0.4 is 0 Å². The molecule has 6 amide bonds. The minimum Gasteiger partial charge on any atom is -0.274 e. The highest BCUT2D eigenvalue weighted by molar-refractivity contribution is 6.25. The third kappa shape index (κ3) is 2.71. The monoisotopic (exact) mass is 383 g/mol. The van der Waals surface area contributed by atoms with Crippen LogP contribution in [-0.4, -0.2) is 50.6 Å². The van der Waals surface area contributed by atoms with Crippen molar-refractivity contribution in [2.24, 2.45) is 0 Å². The van der Waals surface area contributed by atoms with Crippen LogP contribution in [-0.2, 0) is 16.0 Å². The maximum Gasteiger partial charge on any atom is 0.353 e. The van der Waals surface area contributed by atoms with Gasteiger partial charge in [0.05, 0.1) is 11.1 Å². The van der Waals surface area contributed by atoms with E-state index in [1.165, 1.54) is 6.07 Å². The number of hydrogen-bond donors (Lipinski definition) is 0. The SMILES string of the molecule is CCc1ccc2c(c1)C(=O)N(N1C(=O)CC(=O)N(C3CCCCC3)C1=O)C2=O. The van der Waals surface area contributed by atoms with Crippen molar-refractivity contribution in [2.75, 3.05) is 0 Å². The summed E-state index contributed by atoms with van der Waals surface area (Å²) in [6.45, 7) is 1.92. The Morgan fingerprint density at radius 1 is 0.857 bits per heavy atom. The largest absolute Gasteiger partial charge is 0.353 e. The number of aryl methyl sites for hydroxylation is 1. The van der Waals surface area contributed by atoms with Crippen LogP contribution in [0.5, 0.6) is 0 Å². The molecule has 1 aliphatic carbocycles. The Bertz CT molecular complexity index is 903. The second kappa shape index (κ2) is 6.85. The Hall–Kier alpha value is -3.03. The molecular weight excluding hydrogens is 362 g/mol. The number of nitrogens with zero attached hydrogens (tertiary/aromatic N) is 3. The van der Waals surface area contributed by atoms with E-state index >= 15 is 0 Å². The Morgan fingerprint density at radius 3 is 2.21 bits per heavy atom. The van der Waals surface area contributed by atoms with Gasteiger partial charge in [0.25, 0.3) is 17.7 Å². The Labute approximate surface area is 162 Å². The summed E-state index contributed by atoms with van der Waals surface area (Å²) < 4.78 is 0. The highest BCUT2D eigenvalue weighted by atomic mass is 16.2. The van der Waals surface area contributed by atoms with Gasteiger partial charge in [0.2, 0.25) is 5.91 Å². The number of imide groups is 3. The number of benzene rings is 1. The first-order valence-electron chi connectivity index (χ1n) is 9.64. The van der Waals surface area contributed by atoms with Crippen molar-refractivity contribution in [3.63, 3.8) is 0 Å². The van der Waals surface area contributed by atoms with E-state index in [0.29, 0.717) is 29.3 Å². The molecule has 2 heterocycles. The van der Waals surface area contributed by atoms with Gasteiger partial charge < -0.3 is 0 Å². The van der Waals surface area contributed by atoms with E-state index < -0.39 is 36.1 Å². The van der Waals surface area contributed by atoms with E-state index in [9.17, 15) is 24.0 Å². The zero-order valence-corrected chi connectivity index (χ0v) is 15.6. The molecule has 0 radical (unpaired) electrons. The lowest BCUT2D eigenvalue weighted by molar-refractivity contribution is -0.150. The van der Waals surface area contributed by atoms with Crippen molar-refractivity contribution >= 4 is 29.7 Å². The second-order valence-electron chi connectivity index (χ2n) is 7.38. The Morgan fingerprint density at radius 2 is 1.54 bits per heavy atom. The molecule has 0 bridgehead atoms. The molecule has 0 N–H and O–H groups in total. The third-order valence-corrected chi connectivity index (χ3v) is 5.67. The number of barbiturate groups is 1. The topological polar surface area (TPSA) is 95.1 Å². The van der Waals surface area contributed by atoms with Gasteiger partial charge in [0.15, 0.2) is 0 Å². The van der Waals surface area contributed by atoms with Crippen molar-refractivity contribution in [2.45, 2.75) is 57.9 Å². The lowest BCUT2D eigenvalue weighted by atomic mass is 9.93. The van der Waals surface area contributed by atoms with Crippen molar-refractivity contribution in [3.05, 3.63) is 34.9 Å². The number of fused-ring (bicyclic) bond motifs is 1. The third-order valence-electron chi connectivity index (χ3n) is 5.67. The first kappa shape index (κ1) is 18.3. The maximum atomic E-state index is 13.1. The molecule has 0 spiro atoms. The average molecular weight is 383 g/mol. The fraction of sp³-hybridized carbons (Fsp3) is 0.450. The van der Waals surface area contributed by atoms with Crippen LogP contribution in [0.1, 0.15) is 71.7 Å². The molecule has 0 aromatic heterocycles. The number of carbonyl (C=O) groups is 5. The molecule has 8 heteroatoms. The van der Waals surface area contributed by atoms with Gasteiger partial charge in [0.1, 0.15) is 6.42 Å². The minimum absolute atomic E-state index is 0.156. The predicted molar refractivity (Wildman–Crippen MR) is 96.9 cm³/mol. The van der Waals surface area contributed by atoms with Crippen LogP contribution in [0.25, 0.3) is 0 Å². The Kier molecular flexibility index (Phi) is 4.49. The first-order chi connectivity index (χ1) is 13.4. The van der Waals surface area contributed by atoms with Crippen molar-refractivity contribution in [1.29, 1.82) is 0 Å². The van der Waals surface area contributed by atoms with Gasteiger partial charge >= 0.3 is 6.03 Å². The maximum absolute atomic E-state index is 13.1. The summed E-state index contributed by atoms with van der Waals surface area (Å²) in [5.74, 6) is -2.85. The highest BCUT2D eigenvalue weighted by Gasteiger charge is 2.50. The number of hydrogen-bond acceptors (Lipinski definition) is 5. The van der Waals surface area contributed by atoms with E-state index in [4.69, 9.17) is 0 Å². The van der Waals surface area contributed by atoms with Gasteiger partial charge in [-0.15, -0.1) is 0 Å². The lowest BCUT2D eigenvalue weighted by Crippen LogP contribution is -2.64. The van der Waals surface area contributed by atoms with Gasteiger partial charge in [-0.2, -0.15) is 10.0 Å². The second-order valence-corrected chi connectivity index (χ2v) is 7.38. The molecule has 2 aliphatic heterocycles. The van der Waals surface area contributed by atoms with Crippen molar-refractivity contribution in [1.82, 2.24) is 14.9 Å². The quantitative estimate of drug-likeness (QED) is 0.589. The lowest BCUT2D eigenvalue weighted by Gasteiger charge is -2.40. The summed E-state index contributed by atoms with van der Waals surface area (Å²) in [5, 5.41) is 1.16. The molecule has 1 aromatic carbocycles. The summed E-state index contributed by atoms with van der Waals surface area (Å²) in [4.78, 5) is 64.8.